The molecule has 3 rings (SSSR count). The Hall–Kier alpha value is -5.56. The van der Waals surface area contributed by atoms with E-state index in [-0.39, 0.29) is 44.4 Å². The SMILES string of the molecule is CCCN(CC(=O)NC1(C(=O)N(C)CC(=O)N(C)[C@@H](CC(=O)O)C(=O)N(C)C)CCCC1)C(=O)[C@H](CCc1cc(F)c(C(F)(F)F)c(F)c1)NC(=O)OCC1=CCCC=C1. The second-order valence-electron chi connectivity index (χ2n) is 15.1. The van der Waals surface area contributed by atoms with Gasteiger partial charge in [0.05, 0.1) is 19.5 Å². The third-order valence-corrected chi connectivity index (χ3v) is 10.2. The van der Waals surface area contributed by atoms with Crippen molar-refractivity contribution in [3.05, 3.63) is 58.7 Å². The van der Waals surface area contributed by atoms with Gasteiger partial charge in [0.15, 0.2) is 0 Å². The van der Waals surface area contributed by atoms with Crippen molar-refractivity contribution in [2.75, 3.05) is 54.4 Å². The lowest BCUT2D eigenvalue weighted by Gasteiger charge is -2.35. The summed E-state index contributed by atoms with van der Waals surface area (Å²) >= 11 is 0. The first-order valence-electron chi connectivity index (χ1n) is 19.5. The van der Waals surface area contributed by atoms with E-state index in [9.17, 15) is 60.6 Å². The van der Waals surface area contributed by atoms with Gasteiger partial charge in [-0.3, -0.25) is 28.8 Å². The van der Waals surface area contributed by atoms with Crippen molar-refractivity contribution >= 4 is 41.6 Å². The minimum atomic E-state index is -5.30. The van der Waals surface area contributed by atoms with Crippen molar-refractivity contribution in [3.8, 4) is 0 Å². The second-order valence-corrected chi connectivity index (χ2v) is 15.1. The van der Waals surface area contributed by atoms with Crippen LogP contribution in [0.2, 0.25) is 0 Å². The van der Waals surface area contributed by atoms with Crippen LogP contribution in [-0.4, -0.2) is 138 Å². The van der Waals surface area contributed by atoms with E-state index in [4.69, 9.17) is 4.74 Å². The summed E-state index contributed by atoms with van der Waals surface area (Å²) in [6.07, 6.45) is 0.974. The quantitative estimate of drug-likeness (QED) is 0.174. The molecule has 0 heterocycles. The molecule has 1 aromatic carbocycles. The van der Waals surface area contributed by atoms with Crippen LogP contribution in [0.1, 0.15) is 75.8 Å². The number of amides is 6. The number of carboxylic acid groups (broad SMARTS) is 1. The fourth-order valence-corrected chi connectivity index (χ4v) is 7.10. The van der Waals surface area contributed by atoms with Gasteiger partial charge < -0.3 is 40.1 Å². The molecule has 3 N–H and O–H groups in total. The van der Waals surface area contributed by atoms with Gasteiger partial charge in [0, 0.05) is 34.7 Å². The average Bonchev–Trinajstić information content (AvgIpc) is 3.65. The summed E-state index contributed by atoms with van der Waals surface area (Å²) in [6.45, 7) is 0.333. The number of likely N-dealkylation sites (N-methyl/N-ethyl adjacent to an activating group) is 3. The van der Waals surface area contributed by atoms with Gasteiger partial charge in [-0.1, -0.05) is 38.0 Å². The Bertz CT molecular complexity index is 1810. The molecule has 0 unspecified atom stereocenters. The third kappa shape index (κ3) is 13.5. The van der Waals surface area contributed by atoms with E-state index < -0.39 is 102 Å². The average molecular weight is 857 g/mol. The van der Waals surface area contributed by atoms with Gasteiger partial charge in [-0.05, 0) is 68.2 Å². The predicted molar refractivity (Wildman–Crippen MR) is 206 cm³/mol. The van der Waals surface area contributed by atoms with E-state index in [1.807, 2.05) is 12.2 Å². The van der Waals surface area contributed by atoms with Crippen LogP contribution < -0.4 is 10.6 Å². The number of carboxylic acids is 1. The van der Waals surface area contributed by atoms with Crippen LogP contribution in [0.3, 0.4) is 0 Å². The summed E-state index contributed by atoms with van der Waals surface area (Å²) < 4.78 is 73.7. The van der Waals surface area contributed by atoms with E-state index in [0.29, 0.717) is 37.0 Å². The number of nitrogens with one attached hydrogen (secondary N) is 2. The zero-order valence-corrected chi connectivity index (χ0v) is 34.3. The number of hydrogen-bond donors (Lipinski definition) is 3. The van der Waals surface area contributed by atoms with E-state index >= 15 is 0 Å². The molecule has 2 aliphatic carbocycles. The summed E-state index contributed by atoms with van der Waals surface area (Å²) in [6, 6.07) is -1.85. The van der Waals surface area contributed by atoms with E-state index in [2.05, 4.69) is 10.6 Å². The fraction of sp³-hybridized carbons (Fsp3) is 0.575. The lowest BCUT2D eigenvalue weighted by atomic mass is 9.95. The summed E-state index contributed by atoms with van der Waals surface area (Å²) in [5.41, 5.74) is -3.11. The molecule has 60 heavy (non-hydrogen) atoms. The number of allylic oxidation sites excluding steroid dienone is 2. The van der Waals surface area contributed by atoms with Crippen molar-refractivity contribution in [3.63, 3.8) is 0 Å². The molecule has 0 bridgehead atoms. The smallest absolute Gasteiger partial charge is 0.422 e. The Morgan fingerprint density at radius 1 is 0.933 bits per heavy atom. The minimum Gasteiger partial charge on any atom is -0.481 e. The Kier molecular flexibility index (Phi) is 17.6. The first-order valence-corrected chi connectivity index (χ1v) is 19.5. The molecule has 15 nitrogen and oxygen atoms in total. The molecule has 0 spiro atoms. The molecule has 6 amide bonds. The number of rotatable bonds is 19. The molecule has 2 aliphatic rings. The number of aryl methyl sites for hydroxylation is 1. The summed E-state index contributed by atoms with van der Waals surface area (Å²) in [5.74, 6) is -8.65. The van der Waals surface area contributed by atoms with Gasteiger partial charge >= 0.3 is 18.2 Å². The van der Waals surface area contributed by atoms with Crippen LogP contribution in [0, 0.1) is 11.6 Å². The Morgan fingerprint density at radius 3 is 2.10 bits per heavy atom. The standard InChI is InChI=1S/C40H53F5N6O9/c1-6-18-51(22-31(52)47-39(16-10-11-17-39)37(58)49(4)23-32(53)50(5)30(21-33(54)55)36(57)48(2)3)35(56)29(46-38(59)60-24-25-12-8-7-9-13-25)15-14-26-19-27(41)34(28(42)20-26)40(43,44)45/h8,12-13,19-20,29-30H,6-7,9-11,14-18,21-24H2,1-5H3,(H,46,59)(H,47,52)(H,54,55)/t29-,30-/m0/s1. The zero-order chi connectivity index (χ0) is 44.9. The van der Waals surface area contributed by atoms with Crippen LogP contribution in [0.4, 0.5) is 26.7 Å². The summed E-state index contributed by atoms with van der Waals surface area (Å²) in [5, 5.41) is 14.5. The lowest BCUT2D eigenvalue weighted by Crippen LogP contribution is -2.61. The highest BCUT2D eigenvalue weighted by Gasteiger charge is 2.45. The maximum Gasteiger partial charge on any atom is 0.422 e. The largest absolute Gasteiger partial charge is 0.481 e. The van der Waals surface area contributed by atoms with Crippen LogP contribution >= 0.6 is 0 Å². The summed E-state index contributed by atoms with van der Waals surface area (Å²) in [7, 11) is 5.37. The van der Waals surface area contributed by atoms with Crippen LogP contribution in [0.15, 0.2) is 35.9 Å². The number of alkyl halides is 3. The number of benzene rings is 1. The molecule has 20 heteroatoms. The second kappa shape index (κ2) is 21.6. The van der Waals surface area contributed by atoms with Crippen LogP contribution in [0.25, 0.3) is 0 Å². The van der Waals surface area contributed by atoms with Crippen LogP contribution in [-0.2, 0) is 46.1 Å². The van der Waals surface area contributed by atoms with Crippen molar-refractivity contribution < 1.29 is 65.4 Å². The first kappa shape index (κ1) is 48.8. The van der Waals surface area contributed by atoms with E-state index in [0.717, 1.165) is 32.4 Å². The maximum absolute atomic E-state index is 14.4. The summed E-state index contributed by atoms with van der Waals surface area (Å²) in [4.78, 5) is 96.4. The van der Waals surface area contributed by atoms with Crippen molar-refractivity contribution in [1.29, 1.82) is 0 Å². The molecule has 332 valence electrons. The van der Waals surface area contributed by atoms with Gasteiger partial charge in [-0.25, -0.2) is 13.6 Å². The molecular weight excluding hydrogens is 803 g/mol. The number of aliphatic carboxylic acids is 1. The maximum atomic E-state index is 14.4. The highest BCUT2D eigenvalue weighted by atomic mass is 19.4. The Labute approximate surface area is 344 Å². The van der Waals surface area contributed by atoms with Crippen LogP contribution in [0.5, 0.6) is 0 Å². The van der Waals surface area contributed by atoms with Gasteiger partial charge in [0.2, 0.25) is 29.5 Å². The molecule has 1 fully saturated rings. The van der Waals surface area contributed by atoms with Crippen molar-refractivity contribution in [2.45, 2.75) is 94.9 Å². The van der Waals surface area contributed by atoms with E-state index in [1.165, 1.54) is 28.2 Å². The van der Waals surface area contributed by atoms with Gasteiger partial charge in [-0.2, -0.15) is 13.2 Å². The number of carbonyl (C=O) groups excluding carboxylic acids is 6. The zero-order valence-electron chi connectivity index (χ0n) is 34.3. The predicted octanol–water partition coefficient (Wildman–Crippen LogP) is 3.80. The minimum absolute atomic E-state index is 0.0361. The fourth-order valence-electron chi connectivity index (χ4n) is 7.10. The Morgan fingerprint density at radius 2 is 1.57 bits per heavy atom. The van der Waals surface area contributed by atoms with Gasteiger partial charge in [-0.15, -0.1) is 0 Å². The van der Waals surface area contributed by atoms with Gasteiger partial charge in [0.25, 0.3) is 0 Å². The number of hydrogen-bond acceptors (Lipinski definition) is 8. The topological polar surface area (TPSA) is 186 Å². The highest BCUT2D eigenvalue weighted by molar-refractivity contribution is 5.96. The number of nitrogens with zero attached hydrogens (tertiary/aromatic N) is 4. The Balaban J connectivity index is 1.80. The normalized spacial score (nSPS) is 15.5. The van der Waals surface area contributed by atoms with E-state index in [1.54, 1.807) is 13.0 Å². The third-order valence-electron chi connectivity index (χ3n) is 10.2. The number of ether oxygens (including phenoxy) is 1. The molecule has 0 radical (unpaired) electrons. The highest BCUT2D eigenvalue weighted by Crippen LogP contribution is 2.34. The first-order chi connectivity index (χ1) is 28.1. The molecule has 0 aromatic heterocycles. The molecule has 0 saturated heterocycles. The number of alkyl carbamates (subject to hydrolysis) is 1. The molecule has 0 aliphatic heterocycles. The van der Waals surface area contributed by atoms with Crippen molar-refractivity contribution in [2.24, 2.45) is 0 Å². The lowest BCUT2D eigenvalue weighted by molar-refractivity contribution is -0.151. The van der Waals surface area contributed by atoms with Gasteiger partial charge in [0.1, 0.15) is 41.4 Å². The van der Waals surface area contributed by atoms with Crippen molar-refractivity contribution in [1.82, 2.24) is 30.2 Å². The monoisotopic (exact) mass is 856 g/mol. The number of halogens is 5. The molecule has 2 atom stereocenters. The number of carbonyl (C=O) groups is 7. The molecular formula is C40H53F5N6O9. The molecule has 1 aromatic rings. The molecule has 1 saturated carbocycles.